The molecule has 3 aromatic heterocycles. The summed E-state index contributed by atoms with van der Waals surface area (Å²) in [7, 11) is 0. The van der Waals surface area contributed by atoms with Gasteiger partial charge in [0.25, 0.3) is 0 Å². The van der Waals surface area contributed by atoms with Gasteiger partial charge in [-0.1, -0.05) is 164 Å². The third-order valence-corrected chi connectivity index (χ3v) is 10.3. The van der Waals surface area contributed by atoms with E-state index in [1.165, 1.54) is 0 Å². The second kappa shape index (κ2) is 15.6. The van der Waals surface area contributed by atoms with Crippen molar-refractivity contribution in [1.29, 1.82) is 0 Å². The Balaban J connectivity index is 0.00000422. The fraction of sp³-hybridized carbons (Fsp3) is 0.0196. The maximum absolute atomic E-state index is 5.58. The van der Waals surface area contributed by atoms with E-state index in [-0.39, 0.29) is 16.5 Å². The van der Waals surface area contributed by atoms with Crippen molar-refractivity contribution < 1.29 is 16.5 Å². The van der Waals surface area contributed by atoms with E-state index in [2.05, 4.69) is 157 Å². The van der Waals surface area contributed by atoms with Crippen LogP contribution in [0.1, 0.15) is 22.8 Å². The Labute approximate surface area is 341 Å². The Bertz CT molecular complexity index is 2930. The molecule has 0 unspecified atom stereocenters. The van der Waals surface area contributed by atoms with Crippen molar-refractivity contribution in [2.45, 2.75) is 0 Å². The molecule has 2 aliphatic rings. The predicted octanol–water partition coefficient (Wildman–Crippen LogP) is 12.1. The third kappa shape index (κ3) is 6.93. The molecule has 0 saturated heterocycles. The predicted molar refractivity (Wildman–Crippen MR) is 232 cm³/mol. The van der Waals surface area contributed by atoms with E-state index in [1.54, 1.807) is 0 Å². The van der Waals surface area contributed by atoms with Gasteiger partial charge in [0.1, 0.15) is 0 Å². The molecule has 0 radical (unpaired) electrons. The average molecular weight is 777 g/mol. The van der Waals surface area contributed by atoms with Crippen LogP contribution in [0, 0.1) is 0 Å². The van der Waals surface area contributed by atoms with E-state index in [0.717, 1.165) is 101 Å². The Hall–Kier alpha value is -7.01. The largest absolute Gasteiger partial charge is 2.00 e. The van der Waals surface area contributed by atoms with Crippen molar-refractivity contribution in [2.75, 3.05) is 11.9 Å². The minimum Gasteiger partial charge on any atom is -0.657 e. The van der Waals surface area contributed by atoms with Gasteiger partial charge in [-0.2, -0.15) is 0 Å². The average Bonchev–Trinajstić information content (AvgIpc) is 4.10. The second-order valence-electron chi connectivity index (χ2n) is 13.8. The molecule has 1 N–H and O–H groups in total. The standard InChI is InChI=1S/C51H35N5.Ni/c1-6-16-34(17-7-1)47-40-26-27-41(53-40)48(35-18-8-2-9-19-35)43-30-31-45(55-43)50(37-22-12-4-13-23-37)51-38(33-52-39-24-14-5-15-25-39)32-46(56-51)49(36-20-10-3-11-21-36)44-29-28-42(47)54-44;/h1-32,52H,33H2;/q-2;+2. The first kappa shape index (κ1) is 35.7. The SMILES string of the molecule is C1=Cc2nc1c(-c1ccccc1)c1ccc([n-]1)c(-c1ccccc1)c1nc(c(-c3ccccc3)c3ccc([n-]3)c2-c2ccccc2)C(CNc2ccccc2)=C1.[Ni+2]. The van der Waals surface area contributed by atoms with Crippen molar-refractivity contribution >= 4 is 51.6 Å². The summed E-state index contributed by atoms with van der Waals surface area (Å²) >= 11 is 0. The molecule has 57 heavy (non-hydrogen) atoms. The van der Waals surface area contributed by atoms with Crippen molar-refractivity contribution in [1.82, 2.24) is 19.9 Å². The fourth-order valence-corrected chi connectivity index (χ4v) is 7.72. The zero-order valence-corrected chi connectivity index (χ0v) is 31.8. The van der Waals surface area contributed by atoms with E-state index in [4.69, 9.17) is 19.9 Å². The molecular weight excluding hydrogens is 741 g/mol. The molecular formula is C51H35N5Ni. The topological polar surface area (TPSA) is 66.0 Å². The summed E-state index contributed by atoms with van der Waals surface area (Å²) in [6.45, 7) is 0.561. The van der Waals surface area contributed by atoms with E-state index in [1.807, 2.05) is 42.5 Å². The van der Waals surface area contributed by atoms with Crippen LogP contribution in [0.25, 0.3) is 90.4 Å². The number of aromatic nitrogens is 4. The van der Waals surface area contributed by atoms with E-state index < -0.39 is 0 Å². The van der Waals surface area contributed by atoms with Gasteiger partial charge in [-0.3, -0.25) is 0 Å². The molecule has 0 fully saturated rings. The first-order valence-corrected chi connectivity index (χ1v) is 18.9. The molecule has 5 heterocycles. The number of hydrogen-bond acceptors (Lipinski definition) is 3. The van der Waals surface area contributed by atoms with E-state index >= 15 is 0 Å². The van der Waals surface area contributed by atoms with Crippen LogP contribution < -0.4 is 15.3 Å². The van der Waals surface area contributed by atoms with Crippen molar-refractivity contribution in [3.63, 3.8) is 0 Å². The minimum atomic E-state index is 0. The number of hydrogen-bond donors (Lipinski definition) is 1. The molecule has 5 nitrogen and oxygen atoms in total. The smallest absolute Gasteiger partial charge is 0.657 e. The van der Waals surface area contributed by atoms with E-state index in [0.29, 0.717) is 6.54 Å². The summed E-state index contributed by atoms with van der Waals surface area (Å²) in [4.78, 5) is 21.8. The number of nitrogens with zero attached hydrogens (tertiary/aromatic N) is 4. The Morgan fingerprint density at radius 3 is 1.19 bits per heavy atom. The molecule has 10 rings (SSSR count). The summed E-state index contributed by atoms with van der Waals surface area (Å²) in [6.07, 6.45) is 6.44. The van der Waals surface area contributed by atoms with E-state index in [9.17, 15) is 0 Å². The first-order valence-electron chi connectivity index (χ1n) is 18.9. The normalized spacial score (nSPS) is 11.8. The van der Waals surface area contributed by atoms with Gasteiger partial charge in [-0.05, 0) is 80.4 Å². The van der Waals surface area contributed by atoms with Gasteiger partial charge < -0.3 is 15.3 Å². The molecule has 8 aromatic rings. The minimum absolute atomic E-state index is 0. The maximum atomic E-state index is 5.58. The molecule has 0 atom stereocenters. The van der Waals surface area contributed by atoms with Crippen molar-refractivity contribution in [2.24, 2.45) is 0 Å². The first-order chi connectivity index (χ1) is 27.8. The third-order valence-electron chi connectivity index (χ3n) is 10.3. The van der Waals surface area contributed by atoms with Gasteiger partial charge in [0.2, 0.25) is 0 Å². The van der Waals surface area contributed by atoms with Crippen LogP contribution in [0.5, 0.6) is 0 Å². The zero-order valence-electron chi connectivity index (χ0n) is 30.8. The number of anilines is 1. The quantitative estimate of drug-likeness (QED) is 0.163. The molecule has 0 spiro atoms. The molecule has 6 heteroatoms. The van der Waals surface area contributed by atoms with Crippen LogP contribution in [-0.4, -0.2) is 16.5 Å². The number of fused-ring (bicyclic) bond motifs is 8. The van der Waals surface area contributed by atoms with Crippen LogP contribution in [0.15, 0.2) is 176 Å². The molecule has 0 aliphatic carbocycles. The number of nitrogens with one attached hydrogen (secondary N) is 1. The summed E-state index contributed by atoms with van der Waals surface area (Å²) in [5.74, 6) is 0. The van der Waals surface area contributed by atoms with Gasteiger partial charge in [-0.25, -0.2) is 9.97 Å². The summed E-state index contributed by atoms with van der Waals surface area (Å²) in [5.41, 5.74) is 16.9. The van der Waals surface area contributed by atoms with Crippen LogP contribution >= 0.6 is 0 Å². The maximum Gasteiger partial charge on any atom is 2.00 e. The number of benzene rings is 5. The monoisotopic (exact) mass is 775 g/mol. The van der Waals surface area contributed by atoms with Crippen molar-refractivity contribution in [3.8, 4) is 44.5 Å². The van der Waals surface area contributed by atoms with Crippen LogP contribution in [0.4, 0.5) is 5.69 Å². The molecule has 0 amide bonds. The van der Waals surface area contributed by atoms with Gasteiger partial charge in [0.15, 0.2) is 0 Å². The van der Waals surface area contributed by atoms with Crippen LogP contribution in [0.3, 0.4) is 0 Å². The molecule has 5 aromatic carbocycles. The molecule has 0 saturated carbocycles. The van der Waals surface area contributed by atoms with Gasteiger partial charge in [0, 0.05) is 12.2 Å². The molecule has 274 valence electrons. The van der Waals surface area contributed by atoms with Crippen molar-refractivity contribution in [3.05, 3.63) is 199 Å². The summed E-state index contributed by atoms with van der Waals surface area (Å²) in [6, 6.07) is 60.6. The summed E-state index contributed by atoms with van der Waals surface area (Å²) < 4.78 is 0. The Morgan fingerprint density at radius 1 is 0.386 bits per heavy atom. The number of para-hydroxylation sites is 1. The fourth-order valence-electron chi connectivity index (χ4n) is 7.72. The Morgan fingerprint density at radius 2 is 0.754 bits per heavy atom. The van der Waals surface area contributed by atoms with Crippen LogP contribution in [0.2, 0.25) is 0 Å². The molecule has 2 aliphatic heterocycles. The van der Waals surface area contributed by atoms with Gasteiger partial charge in [0.05, 0.1) is 22.8 Å². The van der Waals surface area contributed by atoms with Gasteiger partial charge >= 0.3 is 16.5 Å². The Kier molecular flexibility index (Phi) is 9.78. The van der Waals surface area contributed by atoms with Crippen LogP contribution in [-0.2, 0) is 16.5 Å². The second-order valence-corrected chi connectivity index (χ2v) is 13.8. The zero-order chi connectivity index (χ0) is 37.3. The van der Waals surface area contributed by atoms with Gasteiger partial charge in [-0.15, -0.1) is 22.1 Å². The summed E-state index contributed by atoms with van der Waals surface area (Å²) in [5, 5.41) is 3.68. The molecule has 8 bridgehead atoms. The number of rotatable bonds is 7.